The normalized spacial score (nSPS) is 58.0. The number of ketones is 1. The van der Waals surface area contributed by atoms with Gasteiger partial charge in [-0.2, -0.15) is 0 Å². The summed E-state index contributed by atoms with van der Waals surface area (Å²) in [5, 5.41) is 48.0. The summed E-state index contributed by atoms with van der Waals surface area (Å²) in [6.45, 7) is 5.59. The number of Topliss-reactive ketones (excluding diaryl/α,β-unsaturated/α-hetero) is 1. The largest absolute Gasteiger partial charge is 0.458 e. The predicted molar refractivity (Wildman–Crippen MR) is 139 cm³/mol. The van der Waals surface area contributed by atoms with Crippen molar-refractivity contribution in [2.75, 3.05) is 13.7 Å². The molecule has 2 saturated heterocycles. The van der Waals surface area contributed by atoms with Crippen LogP contribution in [0.15, 0.2) is 11.6 Å². The molecule has 0 radical (unpaired) electrons. The molecule has 0 amide bonds. The van der Waals surface area contributed by atoms with Gasteiger partial charge < -0.3 is 44.1 Å². The molecule has 7 rings (SSSR count). The lowest BCUT2D eigenvalue weighted by Gasteiger charge is -2.67. The van der Waals surface area contributed by atoms with Crippen LogP contribution in [-0.4, -0.2) is 99.7 Å². The molecule has 11 nitrogen and oxygen atoms in total. The van der Waals surface area contributed by atoms with E-state index in [9.17, 15) is 30.0 Å². The van der Waals surface area contributed by atoms with Crippen molar-refractivity contribution in [3.05, 3.63) is 11.6 Å². The molecule has 6 fully saturated rings. The van der Waals surface area contributed by atoms with E-state index in [1.165, 1.54) is 13.2 Å². The summed E-state index contributed by atoms with van der Waals surface area (Å²) in [4.78, 5) is 26.2. The highest BCUT2D eigenvalue weighted by atomic mass is 16.8. The molecule has 4 N–H and O–H groups in total. The number of cyclic esters (lactones) is 1. The fourth-order valence-electron chi connectivity index (χ4n) is 10.3. The quantitative estimate of drug-likeness (QED) is 0.270. The van der Waals surface area contributed by atoms with E-state index in [4.69, 9.17) is 23.7 Å². The third kappa shape index (κ3) is 3.43. The molecule has 3 heterocycles. The molecule has 0 aromatic heterocycles. The number of rotatable bonds is 2. The molecule has 0 aromatic carbocycles. The Hall–Kier alpha value is -1.44. The second-order valence-electron chi connectivity index (χ2n) is 14.2. The number of hydrogen-bond donors (Lipinski definition) is 4. The van der Waals surface area contributed by atoms with Gasteiger partial charge in [-0.1, -0.05) is 13.8 Å². The maximum absolute atomic E-state index is 14.3. The summed E-state index contributed by atoms with van der Waals surface area (Å²) in [5.74, 6) is -4.39. The summed E-state index contributed by atoms with van der Waals surface area (Å²) >= 11 is 0. The van der Waals surface area contributed by atoms with Crippen molar-refractivity contribution in [1.29, 1.82) is 0 Å². The smallest absolute Gasteiger partial charge is 0.331 e. The number of methoxy groups -OCH3 is 1. The molecular weight excluding hydrogens is 536 g/mol. The van der Waals surface area contributed by atoms with Crippen molar-refractivity contribution in [1.82, 2.24) is 0 Å². The molecule has 11 heteroatoms. The van der Waals surface area contributed by atoms with Crippen molar-refractivity contribution >= 4 is 11.8 Å². The second-order valence-corrected chi connectivity index (χ2v) is 14.2. The third-order valence-electron chi connectivity index (χ3n) is 12.6. The number of ether oxygens (including phenoxy) is 5. The highest BCUT2D eigenvalue weighted by Gasteiger charge is 2.77. The first kappa shape index (κ1) is 28.3. The minimum atomic E-state index is -1.84. The number of aliphatic hydroxyl groups excluding tert-OH is 1. The van der Waals surface area contributed by atoms with Gasteiger partial charge in [0.05, 0.1) is 29.5 Å². The Morgan fingerprint density at radius 2 is 1.78 bits per heavy atom. The summed E-state index contributed by atoms with van der Waals surface area (Å²) < 4.78 is 29.2. The second kappa shape index (κ2) is 8.81. The number of hydrogen-bond acceptors (Lipinski definition) is 11. The van der Waals surface area contributed by atoms with Crippen LogP contribution in [0.3, 0.4) is 0 Å². The highest BCUT2D eigenvalue weighted by Crippen LogP contribution is 2.70. The predicted octanol–water partition coefficient (Wildman–Crippen LogP) is 0.741. The van der Waals surface area contributed by atoms with Crippen LogP contribution in [0, 0.1) is 28.6 Å². The van der Waals surface area contributed by atoms with Gasteiger partial charge in [-0.15, -0.1) is 0 Å². The standard InChI is InChI=1S/C30H42O11/c1-14-9-20(37-4)30(36)25(39-14)40-18-11-26(2)22-17(5-7-28(26,34)12-19(18)41-30)29(35)8-6-16(15-10-21(31)38-13-15)27(29,3)24(33)23(22)32/h10,14,16-20,22,24-25,33-36H,5-9,11-13H2,1-4H3/t14-,16-,17-,18-,19-,20-,22-,24?,25+,26-,27+,28+,29+,30+/m1/s1. The van der Waals surface area contributed by atoms with Crippen LogP contribution in [0.1, 0.15) is 65.7 Å². The van der Waals surface area contributed by atoms with Crippen LogP contribution in [0.25, 0.3) is 0 Å². The fourth-order valence-corrected chi connectivity index (χ4v) is 10.3. The van der Waals surface area contributed by atoms with Gasteiger partial charge in [0.15, 0.2) is 5.78 Å². The van der Waals surface area contributed by atoms with E-state index in [1.54, 1.807) is 6.92 Å². The Morgan fingerprint density at radius 1 is 1.02 bits per heavy atom. The topological polar surface area (TPSA) is 161 Å². The summed E-state index contributed by atoms with van der Waals surface area (Å²) in [6, 6.07) is 0. The number of carbonyl (C=O) groups is 2. The molecule has 0 spiro atoms. The lowest BCUT2D eigenvalue weighted by molar-refractivity contribution is -0.463. The molecule has 1 unspecified atom stereocenters. The molecule has 3 aliphatic heterocycles. The summed E-state index contributed by atoms with van der Waals surface area (Å²) in [6.07, 6.45) is -1.01. The van der Waals surface area contributed by atoms with E-state index in [2.05, 4.69) is 0 Å². The maximum Gasteiger partial charge on any atom is 0.331 e. The minimum absolute atomic E-state index is 0.0974. The zero-order valence-corrected chi connectivity index (χ0v) is 24.1. The van der Waals surface area contributed by atoms with Crippen LogP contribution >= 0.6 is 0 Å². The van der Waals surface area contributed by atoms with Gasteiger partial charge in [-0.25, -0.2) is 4.79 Å². The van der Waals surface area contributed by atoms with Gasteiger partial charge in [0.1, 0.15) is 18.8 Å². The van der Waals surface area contributed by atoms with Gasteiger partial charge in [0, 0.05) is 42.8 Å². The maximum atomic E-state index is 14.3. The molecule has 14 atom stereocenters. The van der Waals surface area contributed by atoms with Gasteiger partial charge >= 0.3 is 5.97 Å². The highest BCUT2D eigenvalue weighted by molar-refractivity contribution is 5.90. The Kier molecular flexibility index (Phi) is 6.09. The van der Waals surface area contributed by atoms with Crippen LogP contribution in [0.5, 0.6) is 0 Å². The molecule has 0 aromatic rings. The molecule has 4 aliphatic carbocycles. The SMILES string of the molecule is CO[C@@H]1C[C@@H](C)O[C@H]2O[C@@H]3C[C@]4(C)[C@H]5C(=O)C(O)[C@]6(C)[C@@H](C7=CC(=O)OC7)CC[C@]6(O)[C@@H]5CC[C@]4(O)C[C@H]3O[C@]21O. The average molecular weight is 579 g/mol. The van der Waals surface area contributed by atoms with Gasteiger partial charge in [0.25, 0.3) is 0 Å². The Labute approximate surface area is 239 Å². The number of esters is 1. The average Bonchev–Trinajstić information content (AvgIpc) is 3.46. The first-order valence-electron chi connectivity index (χ1n) is 15.0. The molecule has 7 aliphatic rings. The van der Waals surface area contributed by atoms with Gasteiger partial charge in [-0.3, -0.25) is 4.79 Å². The van der Waals surface area contributed by atoms with E-state index in [1.807, 2.05) is 13.8 Å². The van der Waals surface area contributed by atoms with Crippen LogP contribution in [0.2, 0.25) is 0 Å². The molecular formula is C30H42O11. The summed E-state index contributed by atoms with van der Waals surface area (Å²) in [5.41, 5.74) is -4.29. The molecule has 228 valence electrons. The lowest BCUT2D eigenvalue weighted by atomic mass is 9.40. The van der Waals surface area contributed by atoms with Crippen LogP contribution in [0.4, 0.5) is 0 Å². The Balaban J connectivity index is 1.23. The van der Waals surface area contributed by atoms with Crippen molar-refractivity contribution in [3.8, 4) is 0 Å². The number of fused-ring (bicyclic) bond motifs is 7. The van der Waals surface area contributed by atoms with Crippen molar-refractivity contribution < 1.29 is 53.7 Å². The third-order valence-corrected chi connectivity index (χ3v) is 12.6. The van der Waals surface area contributed by atoms with E-state index >= 15 is 0 Å². The first-order chi connectivity index (χ1) is 19.2. The van der Waals surface area contributed by atoms with Gasteiger partial charge in [0.2, 0.25) is 12.1 Å². The van der Waals surface area contributed by atoms with Gasteiger partial charge in [-0.05, 0) is 56.4 Å². The minimum Gasteiger partial charge on any atom is -0.458 e. The van der Waals surface area contributed by atoms with Crippen LogP contribution in [-0.2, 0) is 33.3 Å². The van der Waals surface area contributed by atoms with E-state index in [0.29, 0.717) is 37.7 Å². The zero-order chi connectivity index (χ0) is 29.3. The van der Waals surface area contributed by atoms with E-state index < -0.39 is 82.1 Å². The zero-order valence-electron chi connectivity index (χ0n) is 24.1. The monoisotopic (exact) mass is 578 g/mol. The summed E-state index contributed by atoms with van der Waals surface area (Å²) in [7, 11) is 1.50. The van der Waals surface area contributed by atoms with Crippen molar-refractivity contribution in [2.45, 2.75) is 120 Å². The molecule has 4 saturated carbocycles. The van der Waals surface area contributed by atoms with E-state index in [0.717, 1.165) is 0 Å². The van der Waals surface area contributed by atoms with Crippen molar-refractivity contribution in [3.63, 3.8) is 0 Å². The first-order valence-corrected chi connectivity index (χ1v) is 15.0. The lowest BCUT2D eigenvalue weighted by Crippen LogP contribution is -2.76. The number of carbonyl (C=O) groups excluding carboxylic acids is 2. The fraction of sp³-hybridized carbons (Fsp3) is 0.867. The Bertz CT molecular complexity index is 1190. The molecule has 41 heavy (non-hydrogen) atoms. The molecule has 0 bridgehead atoms. The Morgan fingerprint density at radius 3 is 2.46 bits per heavy atom. The van der Waals surface area contributed by atoms with E-state index in [-0.39, 0.29) is 31.5 Å². The van der Waals surface area contributed by atoms with Crippen molar-refractivity contribution in [2.24, 2.45) is 28.6 Å². The number of aliphatic hydroxyl groups is 4. The van der Waals surface area contributed by atoms with Crippen LogP contribution < -0.4 is 0 Å².